The Morgan fingerprint density at radius 3 is 2.84 bits per heavy atom. The molecule has 2 heterocycles. The molecule has 0 fully saturated rings. The molecule has 0 spiro atoms. The lowest BCUT2D eigenvalue weighted by Gasteiger charge is -2.04. The molecular formula is C18H10ClFN2O2S. The third-order valence-electron chi connectivity index (χ3n) is 3.59. The van der Waals surface area contributed by atoms with Crippen LogP contribution in [-0.4, -0.2) is 4.98 Å². The Kier molecular flexibility index (Phi) is 3.99. The smallest absolute Gasteiger partial charge is 0.345 e. The van der Waals surface area contributed by atoms with Crippen LogP contribution in [0.25, 0.3) is 22.2 Å². The van der Waals surface area contributed by atoms with Crippen molar-refractivity contribution in [2.75, 3.05) is 5.32 Å². The van der Waals surface area contributed by atoms with Crippen LogP contribution >= 0.6 is 22.9 Å². The molecule has 2 aromatic carbocycles. The van der Waals surface area contributed by atoms with Crippen LogP contribution in [0.15, 0.2) is 63.1 Å². The molecule has 124 valence electrons. The number of nitrogens with zero attached hydrogens (tertiary/aromatic N) is 1. The Morgan fingerprint density at radius 2 is 2.00 bits per heavy atom. The summed E-state index contributed by atoms with van der Waals surface area (Å²) in [6, 6.07) is 13.1. The van der Waals surface area contributed by atoms with Crippen molar-refractivity contribution in [3.63, 3.8) is 0 Å². The van der Waals surface area contributed by atoms with Gasteiger partial charge in [0.1, 0.15) is 11.4 Å². The fraction of sp³-hybridized carbons (Fsp3) is 0. The molecule has 0 saturated carbocycles. The molecule has 0 aliphatic rings. The van der Waals surface area contributed by atoms with Crippen molar-refractivity contribution in [2.45, 2.75) is 0 Å². The number of benzene rings is 2. The average Bonchev–Trinajstić information content (AvgIpc) is 3.05. The van der Waals surface area contributed by atoms with Crippen LogP contribution in [-0.2, 0) is 0 Å². The van der Waals surface area contributed by atoms with Gasteiger partial charge in [0.05, 0.1) is 22.0 Å². The molecule has 4 rings (SSSR count). The van der Waals surface area contributed by atoms with E-state index >= 15 is 0 Å². The van der Waals surface area contributed by atoms with Crippen LogP contribution in [0.3, 0.4) is 0 Å². The van der Waals surface area contributed by atoms with Gasteiger partial charge in [-0.15, -0.1) is 11.3 Å². The van der Waals surface area contributed by atoms with Crippen LogP contribution in [0.1, 0.15) is 0 Å². The van der Waals surface area contributed by atoms with Crippen LogP contribution in [0.2, 0.25) is 5.02 Å². The van der Waals surface area contributed by atoms with Gasteiger partial charge in [-0.3, -0.25) is 0 Å². The summed E-state index contributed by atoms with van der Waals surface area (Å²) in [6.45, 7) is 0. The van der Waals surface area contributed by atoms with E-state index in [9.17, 15) is 9.18 Å². The number of thiazole rings is 1. The van der Waals surface area contributed by atoms with Crippen molar-refractivity contribution in [3.8, 4) is 11.3 Å². The molecule has 7 heteroatoms. The molecule has 1 N–H and O–H groups in total. The molecule has 0 unspecified atom stereocenters. The van der Waals surface area contributed by atoms with Gasteiger partial charge in [-0.05, 0) is 30.3 Å². The maximum atomic E-state index is 13.1. The number of fused-ring (bicyclic) bond motifs is 1. The lowest BCUT2D eigenvalue weighted by Crippen LogP contribution is -2.02. The van der Waals surface area contributed by atoms with Gasteiger partial charge in [0.25, 0.3) is 0 Å². The molecule has 4 nitrogen and oxygen atoms in total. The molecule has 0 radical (unpaired) electrons. The van der Waals surface area contributed by atoms with E-state index < -0.39 is 11.4 Å². The highest BCUT2D eigenvalue weighted by atomic mass is 35.5. The Bertz CT molecular complexity index is 1140. The summed E-state index contributed by atoms with van der Waals surface area (Å²) < 4.78 is 18.4. The third kappa shape index (κ3) is 3.14. The van der Waals surface area contributed by atoms with Crippen LogP contribution < -0.4 is 10.9 Å². The fourth-order valence-electron chi connectivity index (χ4n) is 2.40. The maximum absolute atomic E-state index is 13.1. The number of hydrogen-bond acceptors (Lipinski definition) is 5. The molecule has 0 bridgehead atoms. The van der Waals surface area contributed by atoms with Crippen molar-refractivity contribution in [1.29, 1.82) is 0 Å². The average molecular weight is 373 g/mol. The van der Waals surface area contributed by atoms with Crippen molar-refractivity contribution in [3.05, 3.63) is 75.2 Å². The van der Waals surface area contributed by atoms with Gasteiger partial charge in [0.2, 0.25) is 0 Å². The van der Waals surface area contributed by atoms with Gasteiger partial charge in [0, 0.05) is 10.8 Å². The van der Waals surface area contributed by atoms with E-state index in [2.05, 4.69) is 10.3 Å². The Morgan fingerprint density at radius 1 is 1.16 bits per heavy atom. The van der Waals surface area contributed by atoms with E-state index in [1.165, 1.54) is 29.5 Å². The predicted octanol–water partition coefficient (Wildman–Crippen LogP) is 5.45. The van der Waals surface area contributed by atoms with E-state index in [-0.39, 0.29) is 5.02 Å². The standard InChI is InChI=1S/C18H10ClFN2O2S/c19-13-8-11(20)5-6-14(13)21-18-22-15(9-25-18)12-7-10-3-1-2-4-16(10)24-17(12)23/h1-9H,(H,21,22). The largest absolute Gasteiger partial charge is 0.422 e. The lowest BCUT2D eigenvalue weighted by molar-refractivity contribution is 0.563. The highest BCUT2D eigenvalue weighted by molar-refractivity contribution is 7.14. The summed E-state index contributed by atoms with van der Waals surface area (Å²) in [7, 11) is 0. The first-order valence-electron chi connectivity index (χ1n) is 7.31. The molecular weight excluding hydrogens is 363 g/mol. The second-order valence-corrected chi connectivity index (χ2v) is 6.54. The molecule has 2 aromatic heterocycles. The highest BCUT2D eigenvalue weighted by Gasteiger charge is 2.12. The monoisotopic (exact) mass is 372 g/mol. The van der Waals surface area contributed by atoms with Gasteiger partial charge in [-0.25, -0.2) is 14.2 Å². The summed E-state index contributed by atoms with van der Waals surface area (Å²) in [5.41, 5.74) is 1.51. The van der Waals surface area contributed by atoms with Crippen molar-refractivity contribution in [1.82, 2.24) is 4.98 Å². The highest BCUT2D eigenvalue weighted by Crippen LogP contribution is 2.30. The minimum absolute atomic E-state index is 0.252. The van der Waals surface area contributed by atoms with Gasteiger partial charge in [-0.2, -0.15) is 0 Å². The molecule has 0 aliphatic carbocycles. The Hall–Kier alpha value is -2.70. The molecule has 0 saturated heterocycles. The first-order valence-corrected chi connectivity index (χ1v) is 8.57. The molecule has 0 aliphatic heterocycles. The van der Waals surface area contributed by atoms with Gasteiger partial charge in [0.15, 0.2) is 5.13 Å². The summed E-state index contributed by atoms with van der Waals surface area (Å²) in [5, 5.41) is 6.38. The lowest BCUT2D eigenvalue weighted by atomic mass is 10.1. The quantitative estimate of drug-likeness (QED) is 0.486. The first kappa shape index (κ1) is 15.8. The molecule has 0 amide bonds. The normalized spacial score (nSPS) is 11.0. The van der Waals surface area contributed by atoms with Crippen LogP contribution in [0, 0.1) is 5.82 Å². The Balaban J connectivity index is 1.69. The second-order valence-electron chi connectivity index (χ2n) is 5.27. The summed E-state index contributed by atoms with van der Waals surface area (Å²) in [5.74, 6) is -0.413. The van der Waals surface area contributed by atoms with E-state index in [1.54, 1.807) is 17.5 Å². The van der Waals surface area contributed by atoms with E-state index in [1.807, 2.05) is 18.2 Å². The van der Waals surface area contributed by atoms with Gasteiger partial charge < -0.3 is 9.73 Å². The molecule has 25 heavy (non-hydrogen) atoms. The number of nitrogens with one attached hydrogen (secondary N) is 1. The fourth-order valence-corrected chi connectivity index (χ4v) is 3.34. The first-order chi connectivity index (χ1) is 12.1. The van der Waals surface area contributed by atoms with Gasteiger partial charge in [-0.1, -0.05) is 29.8 Å². The zero-order valence-corrected chi connectivity index (χ0v) is 14.2. The molecule has 0 atom stereocenters. The van der Waals surface area contributed by atoms with Gasteiger partial charge >= 0.3 is 5.63 Å². The zero-order valence-electron chi connectivity index (χ0n) is 12.6. The SMILES string of the molecule is O=c1oc2ccccc2cc1-c1csc(Nc2ccc(F)cc2Cl)n1. The number of rotatable bonds is 3. The number of aromatic nitrogens is 1. The van der Waals surface area contributed by atoms with E-state index in [4.69, 9.17) is 16.0 Å². The minimum atomic E-state index is -0.449. The third-order valence-corrected chi connectivity index (χ3v) is 4.66. The topological polar surface area (TPSA) is 55.1 Å². The second kappa shape index (κ2) is 6.31. The molecule has 4 aromatic rings. The van der Waals surface area contributed by atoms with Crippen LogP contribution in [0.4, 0.5) is 15.2 Å². The number of para-hydroxylation sites is 1. The maximum Gasteiger partial charge on any atom is 0.345 e. The van der Waals surface area contributed by atoms with Crippen molar-refractivity contribution in [2.24, 2.45) is 0 Å². The zero-order chi connectivity index (χ0) is 17.4. The Labute approximate surface area is 150 Å². The van der Waals surface area contributed by atoms with E-state index in [0.717, 1.165) is 5.39 Å². The summed E-state index contributed by atoms with van der Waals surface area (Å²) in [4.78, 5) is 16.6. The minimum Gasteiger partial charge on any atom is -0.422 e. The summed E-state index contributed by atoms with van der Waals surface area (Å²) >= 11 is 7.31. The van der Waals surface area contributed by atoms with Crippen molar-refractivity contribution < 1.29 is 8.81 Å². The predicted molar refractivity (Wildman–Crippen MR) is 98.3 cm³/mol. The number of anilines is 2. The van der Waals surface area contributed by atoms with Crippen molar-refractivity contribution >= 4 is 44.7 Å². The van der Waals surface area contributed by atoms with Crippen LogP contribution in [0.5, 0.6) is 0 Å². The summed E-state index contributed by atoms with van der Waals surface area (Å²) in [6.07, 6.45) is 0. The van der Waals surface area contributed by atoms with E-state index in [0.29, 0.717) is 27.7 Å². The number of halogens is 2. The number of hydrogen-bond donors (Lipinski definition) is 1.